The van der Waals surface area contributed by atoms with Gasteiger partial charge in [-0.1, -0.05) is 12.1 Å². The standard InChI is InChI=1S/C15H19N3O4/c19-15(17-8-7-11-5-6-12(9-17)16-11)10-22-14-4-2-1-3-13(14)18(20)21/h1-4,11-12,16H,5-10H2. The lowest BCUT2D eigenvalue weighted by Gasteiger charge is -2.24. The summed E-state index contributed by atoms with van der Waals surface area (Å²) in [5.74, 6) is 0.0165. The molecule has 2 unspecified atom stereocenters. The minimum Gasteiger partial charge on any atom is -0.477 e. The van der Waals surface area contributed by atoms with Gasteiger partial charge in [-0.3, -0.25) is 14.9 Å². The number of ether oxygens (including phenoxy) is 1. The largest absolute Gasteiger partial charge is 0.477 e. The van der Waals surface area contributed by atoms with Crippen LogP contribution >= 0.6 is 0 Å². The van der Waals surface area contributed by atoms with Gasteiger partial charge in [-0.25, -0.2) is 0 Å². The summed E-state index contributed by atoms with van der Waals surface area (Å²) in [6.45, 7) is 1.24. The molecular weight excluding hydrogens is 286 g/mol. The van der Waals surface area contributed by atoms with Crippen LogP contribution in [0.2, 0.25) is 0 Å². The number of para-hydroxylation sites is 2. The summed E-state index contributed by atoms with van der Waals surface area (Å²) in [5.41, 5.74) is -0.119. The van der Waals surface area contributed by atoms with E-state index in [0.29, 0.717) is 25.2 Å². The predicted molar refractivity (Wildman–Crippen MR) is 79.7 cm³/mol. The van der Waals surface area contributed by atoms with Gasteiger partial charge in [0, 0.05) is 31.2 Å². The van der Waals surface area contributed by atoms with Crippen molar-refractivity contribution in [1.29, 1.82) is 0 Å². The maximum atomic E-state index is 12.3. The second-order valence-electron chi connectivity index (χ2n) is 5.78. The van der Waals surface area contributed by atoms with Crippen molar-refractivity contribution in [3.05, 3.63) is 34.4 Å². The lowest BCUT2D eigenvalue weighted by molar-refractivity contribution is -0.385. The van der Waals surface area contributed by atoms with Crippen LogP contribution in [0.1, 0.15) is 19.3 Å². The molecular formula is C15H19N3O4. The van der Waals surface area contributed by atoms with Crippen molar-refractivity contribution < 1.29 is 14.5 Å². The van der Waals surface area contributed by atoms with E-state index in [2.05, 4.69) is 5.32 Å². The number of benzene rings is 1. The van der Waals surface area contributed by atoms with Crippen molar-refractivity contribution in [3.63, 3.8) is 0 Å². The van der Waals surface area contributed by atoms with Gasteiger partial charge in [0.05, 0.1) is 4.92 Å². The third-order valence-corrected chi connectivity index (χ3v) is 4.29. The number of nitrogens with one attached hydrogen (secondary N) is 1. The third-order valence-electron chi connectivity index (χ3n) is 4.29. The van der Waals surface area contributed by atoms with Crippen LogP contribution in [0.4, 0.5) is 5.69 Å². The molecule has 0 radical (unpaired) electrons. The molecule has 2 fully saturated rings. The molecule has 22 heavy (non-hydrogen) atoms. The lowest BCUT2D eigenvalue weighted by atomic mass is 10.1. The average Bonchev–Trinajstić information content (AvgIpc) is 2.84. The van der Waals surface area contributed by atoms with E-state index >= 15 is 0 Å². The molecule has 118 valence electrons. The molecule has 1 aromatic rings. The summed E-state index contributed by atoms with van der Waals surface area (Å²) < 4.78 is 5.38. The molecule has 3 rings (SSSR count). The summed E-state index contributed by atoms with van der Waals surface area (Å²) in [4.78, 5) is 24.5. The van der Waals surface area contributed by atoms with Gasteiger partial charge in [-0.2, -0.15) is 0 Å². The normalized spacial score (nSPS) is 23.9. The van der Waals surface area contributed by atoms with Gasteiger partial charge >= 0.3 is 5.69 Å². The molecule has 0 spiro atoms. The summed E-state index contributed by atoms with van der Waals surface area (Å²) in [6, 6.07) is 6.99. The van der Waals surface area contributed by atoms with Gasteiger partial charge in [0.1, 0.15) is 0 Å². The van der Waals surface area contributed by atoms with Crippen LogP contribution in [0.25, 0.3) is 0 Å². The molecule has 2 bridgehead atoms. The number of hydrogen-bond acceptors (Lipinski definition) is 5. The van der Waals surface area contributed by atoms with E-state index in [-0.39, 0.29) is 24.0 Å². The molecule has 2 atom stereocenters. The van der Waals surface area contributed by atoms with E-state index in [1.807, 2.05) is 0 Å². The van der Waals surface area contributed by atoms with Crippen molar-refractivity contribution in [2.45, 2.75) is 31.3 Å². The van der Waals surface area contributed by atoms with Gasteiger partial charge < -0.3 is 15.0 Å². The van der Waals surface area contributed by atoms with Crippen LogP contribution in [0.3, 0.4) is 0 Å². The Hall–Kier alpha value is -2.15. The number of carbonyl (C=O) groups excluding carboxylic acids is 1. The zero-order valence-electron chi connectivity index (χ0n) is 12.2. The molecule has 7 nitrogen and oxygen atoms in total. The fraction of sp³-hybridized carbons (Fsp3) is 0.533. The van der Waals surface area contributed by atoms with Crippen LogP contribution in [-0.4, -0.2) is 47.5 Å². The summed E-state index contributed by atoms with van der Waals surface area (Å²) in [6.07, 6.45) is 3.23. The fourth-order valence-electron chi connectivity index (χ4n) is 3.13. The Kier molecular flexibility index (Phi) is 4.24. The van der Waals surface area contributed by atoms with E-state index < -0.39 is 4.92 Å². The molecule has 2 heterocycles. The number of nitro groups is 1. The number of rotatable bonds is 4. The number of nitrogens with zero attached hydrogens (tertiary/aromatic N) is 2. The first-order chi connectivity index (χ1) is 10.6. The van der Waals surface area contributed by atoms with Crippen molar-refractivity contribution >= 4 is 11.6 Å². The quantitative estimate of drug-likeness (QED) is 0.670. The zero-order valence-corrected chi connectivity index (χ0v) is 12.2. The predicted octanol–water partition coefficient (Wildman–Crippen LogP) is 1.33. The Morgan fingerprint density at radius 1 is 1.32 bits per heavy atom. The highest BCUT2D eigenvalue weighted by molar-refractivity contribution is 5.78. The van der Waals surface area contributed by atoms with Gasteiger partial charge in [-0.15, -0.1) is 0 Å². The summed E-state index contributed by atoms with van der Waals surface area (Å²) in [5, 5.41) is 14.4. The zero-order chi connectivity index (χ0) is 15.5. The molecule has 1 aromatic carbocycles. The minimum absolute atomic E-state index is 0.118. The highest BCUT2D eigenvalue weighted by atomic mass is 16.6. The van der Waals surface area contributed by atoms with Crippen LogP contribution in [0, 0.1) is 10.1 Å². The molecule has 0 saturated carbocycles. The Bertz CT molecular complexity index is 578. The first kappa shape index (κ1) is 14.8. The lowest BCUT2D eigenvalue weighted by Crippen LogP contribution is -2.41. The smallest absolute Gasteiger partial charge is 0.310 e. The minimum atomic E-state index is -0.505. The topological polar surface area (TPSA) is 84.7 Å². The van der Waals surface area contributed by atoms with Crippen LogP contribution in [0.15, 0.2) is 24.3 Å². The van der Waals surface area contributed by atoms with Crippen molar-refractivity contribution in [2.75, 3.05) is 19.7 Å². The highest BCUT2D eigenvalue weighted by Crippen LogP contribution is 2.26. The van der Waals surface area contributed by atoms with Crippen molar-refractivity contribution in [1.82, 2.24) is 10.2 Å². The molecule has 1 N–H and O–H groups in total. The van der Waals surface area contributed by atoms with E-state index in [0.717, 1.165) is 12.8 Å². The number of fused-ring (bicyclic) bond motifs is 2. The molecule has 0 aromatic heterocycles. The van der Waals surface area contributed by atoms with Crippen LogP contribution in [0.5, 0.6) is 5.75 Å². The van der Waals surface area contributed by atoms with Crippen molar-refractivity contribution in [2.24, 2.45) is 0 Å². The Morgan fingerprint density at radius 2 is 2.09 bits per heavy atom. The summed E-state index contributed by atoms with van der Waals surface area (Å²) in [7, 11) is 0. The molecule has 2 saturated heterocycles. The maximum Gasteiger partial charge on any atom is 0.310 e. The van der Waals surface area contributed by atoms with E-state index in [4.69, 9.17) is 4.74 Å². The molecule has 7 heteroatoms. The SMILES string of the molecule is O=C(COc1ccccc1[N+](=O)[O-])N1CCC2CCC(C1)N2. The summed E-state index contributed by atoms with van der Waals surface area (Å²) >= 11 is 0. The second kappa shape index (κ2) is 6.31. The van der Waals surface area contributed by atoms with Gasteiger partial charge in [0.2, 0.25) is 0 Å². The molecule has 2 aliphatic heterocycles. The average molecular weight is 305 g/mol. The number of hydrogen-bond donors (Lipinski definition) is 1. The molecule has 0 aliphatic carbocycles. The monoisotopic (exact) mass is 305 g/mol. The highest BCUT2D eigenvalue weighted by Gasteiger charge is 2.31. The van der Waals surface area contributed by atoms with Gasteiger partial charge in [0.15, 0.2) is 12.4 Å². The Balaban J connectivity index is 1.59. The Morgan fingerprint density at radius 3 is 2.91 bits per heavy atom. The number of nitro benzene ring substituents is 1. The second-order valence-corrected chi connectivity index (χ2v) is 5.78. The molecule has 2 aliphatic rings. The van der Waals surface area contributed by atoms with Crippen LogP contribution < -0.4 is 10.1 Å². The molecule has 1 amide bonds. The van der Waals surface area contributed by atoms with E-state index in [9.17, 15) is 14.9 Å². The maximum absolute atomic E-state index is 12.3. The Labute approximate surface area is 128 Å². The van der Waals surface area contributed by atoms with Crippen molar-refractivity contribution in [3.8, 4) is 5.75 Å². The van der Waals surface area contributed by atoms with E-state index in [1.54, 1.807) is 17.0 Å². The first-order valence-electron chi connectivity index (χ1n) is 7.53. The number of amides is 1. The van der Waals surface area contributed by atoms with Gasteiger partial charge in [0.25, 0.3) is 5.91 Å². The van der Waals surface area contributed by atoms with Gasteiger partial charge in [-0.05, 0) is 25.3 Å². The first-order valence-corrected chi connectivity index (χ1v) is 7.53. The van der Waals surface area contributed by atoms with E-state index in [1.165, 1.54) is 18.6 Å². The number of carbonyl (C=O) groups is 1. The fourth-order valence-corrected chi connectivity index (χ4v) is 3.13. The number of likely N-dealkylation sites (tertiary alicyclic amines) is 1. The third kappa shape index (κ3) is 3.19. The van der Waals surface area contributed by atoms with Crippen LogP contribution in [-0.2, 0) is 4.79 Å².